The number of nitrogens with zero attached hydrogens (tertiary/aromatic N) is 1. The highest BCUT2D eigenvalue weighted by molar-refractivity contribution is 5.78. The molecule has 1 heterocycles. The number of methoxy groups -OCH3 is 1. The first kappa shape index (κ1) is 17.8. The molecule has 1 aromatic carbocycles. The zero-order valence-electron chi connectivity index (χ0n) is 14.7. The Bertz CT molecular complexity index is 556. The van der Waals surface area contributed by atoms with Crippen molar-refractivity contribution in [3.8, 4) is 5.75 Å². The molecule has 0 unspecified atom stereocenters. The topological polar surface area (TPSA) is 48.0 Å². The first-order valence-corrected chi connectivity index (χ1v) is 7.95. The molecule has 0 N–H and O–H groups in total. The lowest BCUT2D eigenvalue weighted by atomic mass is 10.1. The Morgan fingerprint density at radius 2 is 2.13 bits per heavy atom. The molecule has 1 amide bonds. The molecular weight excluding hydrogens is 294 g/mol. The van der Waals surface area contributed by atoms with E-state index in [-0.39, 0.29) is 24.2 Å². The Morgan fingerprint density at radius 3 is 2.83 bits per heavy atom. The predicted molar refractivity (Wildman–Crippen MR) is 88.8 cm³/mol. The Kier molecular flexibility index (Phi) is 5.65. The molecule has 128 valence electrons. The lowest BCUT2D eigenvalue weighted by molar-refractivity contribution is -0.170. The fraction of sp³-hybridized carbons (Fsp3) is 0.611. The minimum atomic E-state index is -0.379. The number of carbonyl (C=O) groups excluding carboxylic acids is 1. The van der Waals surface area contributed by atoms with E-state index in [1.54, 1.807) is 12.0 Å². The summed E-state index contributed by atoms with van der Waals surface area (Å²) in [5.74, 6) is 0.739. The molecule has 0 aliphatic carbocycles. The molecule has 0 spiro atoms. The highest BCUT2D eigenvalue weighted by Gasteiger charge is 2.35. The van der Waals surface area contributed by atoms with Gasteiger partial charge in [0.2, 0.25) is 0 Å². The zero-order chi connectivity index (χ0) is 17.0. The Hall–Kier alpha value is -1.59. The number of hydrogen-bond acceptors (Lipinski definition) is 4. The molecule has 1 aliphatic heterocycles. The Labute approximate surface area is 138 Å². The van der Waals surface area contributed by atoms with E-state index in [9.17, 15) is 4.79 Å². The minimum Gasteiger partial charge on any atom is -0.483 e. The second-order valence-electron chi connectivity index (χ2n) is 6.79. The standard InChI is InChI=1S/C18H27NO4/c1-13-6-7-14(2)16(8-13)22-11-17(20)19-9-15(10-21-5)23-18(3,4)12-19/h6-8,15H,9-12H2,1-5H3/t15-/m0/s1. The summed E-state index contributed by atoms with van der Waals surface area (Å²) in [5, 5.41) is 0. The summed E-state index contributed by atoms with van der Waals surface area (Å²) in [7, 11) is 1.64. The SMILES string of the molecule is COC[C@@H]1CN(C(=O)COc2cc(C)ccc2C)CC(C)(C)O1. The van der Waals surface area contributed by atoms with Gasteiger partial charge in [-0.25, -0.2) is 0 Å². The Balaban J connectivity index is 1.97. The van der Waals surface area contributed by atoms with Crippen LogP contribution in [0.25, 0.3) is 0 Å². The summed E-state index contributed by atoms with van der Waals surface area (Å²) in [6, 6.07) is 5.99. The van der Waals surface area contributed by atoms with Crippen LogP contribution in [0.15, 0.2) is 18.2 Å². The third kappa shape index (κ3) is 4.94. The average Bonchev–Trinajstić information content (AvgIpc) is 2.46. The smallest absolute Gasteiger partial charge is 0.260 e. The molecule has 1 fully saturated rings. The maximum atomic E-state index is 12.5. The van der Waals surface area contributed by atoms with E-state index < -0.39 is 0 Å². The van der Waals surface area contributed by atoms with Crippen LogP contribution < -0.4 is 4.74 Å². The monoisotopic (exact) mass is 321 g/mol. The van der Waals surface area contributed by atoms with E-state index in [4.69, 9.17) is 14.2 Å². The van der Waals surface area contributed by atoms with E-state index in [2.05, 4.69) is 0 Å². The summed E-state index contributed by atoms with van der Waals surface area (Å²) in [6.45, 7) is 9.57. The summed E-state index contributed by atoms with van der Waals surface area (Å²) in [4.78, 5) is 14.3. The van der Waals surface area contributed by atoms with Crippen LogP contribution >= 0.6 is 0 Å². The lowest BCUT2D eigenvalue weighted by Gasteiger charge is -2.42. The zero-order valence-corrected chi connectivity index (χ0v) is 14.7. The van der Waals surface area contributed by atoms with Gasteiger partial charge < -0.3 is 19.1 Å². The minimum absolute atomic E-state index is 0.0246. The van der Waals surface area contributed by atoms with Crippen molar-refractivity contribution >= 4 is 5.91 Å². The maximum absolute atomic E-state index is 12.5. The quantitative estimate of drug-likeness (QED) is 0.835. The highest BCUT2D eigenvalue weighted by atomic mass is 16.5. The number of carbonyl (C=O) groups is 1. The number of amides is 1. The van der Waals surface area contributed by atoms with Crippen molar-refractivity contribution in [3.63, 3.8) is 0 Å². The largest absolute Gasteiger partial charge is 0.483 e. The first-order chi connectivity index (χ1) is 10.8. The average molecular weight is 321 g/mol. The van der Waals surface area contributed by atoms with Gasteiger partial charge in [-0.15, -0.1) is 0 Å². The number of benzene rings is 1. The van der Waals surface area contributed by atoms with Crippen LogP contribution in [0, 0.1) is 13.8 Å². The van der Waals surface area contributed by atoms with Crippen molar-refractivity contribution in [2.75, 3.05) is 33.4 Å². The predicted octanol–water partition coefficient (Wildman–Crippen LogP) is 2.33. The number of hydrogen-bond donors (Lipinski definition) is 0. The van der Waals surface area contributed by atoms with Crippen LogP contribution in [0.3, 0.4) is 0 Å². The molecular formula is C18H27NO4. The van der Waals surface area contributed by atoms with Gasteiger partial charge in [0, 0.05) is 20.2 Å². The van der Waals surface area contributed by atoms with Gasteiger partial charge in [-0.05, 0) is 44.9 Å². The third-order valence-electron chi connectivity index (χ3n) is 3.88. The van der Waals surface area contributed by atoms with Crippen molar-refractivity contribution in [1.29, 1.82) is 0 Å². The molecule has 1 atom stereocenters. The van der Waals surface area contributed by atoms with Gasteiger partial charge in [-0.3, -0.25) is 4.79 Å². The number of aryl methyl sites for hydroxylation is 2. The molecule has 1 saturated heterocycles. The molecule has 0 aromatic heterocycles. The molecule has 1 aliphatic rings. The third-order valence-corrected chi connectivity index (χ3v) is 3.88. The van der Waals surface area contributed by atoms with Crippen LogP contribution in [0.5, 0.6) is 5.75 Å². The van der Waals surface area contributed by atoms with Crippen LogP contribution in [0.2, 0.25) is 0 Å². The molecule has 2 rings (SSSR count). The van der Waals surface area contributed by atoms with Crippen molar-refractivity contribution < 1.29 is 19.0 Å². The van der Waals surface area contributed by atoms with Gasteiger partial charge in [0.25, 0.3) is 5.91 Å². The van der Waals surface area contributed by atoms with E-state index in [1.807, 2.05) is 45.9 Å². The van der Waals surface area contributed by atoms with Crippen LogP contribution in [-0.2, 0) is 14.3 Å². The summed E-state index contributed by atoms with van der Waals surface area (Å²) in [5.41, 5.74) is 1.77. The van der Waals surface area contributed by atoms with Gasteiger partial charge in [0.1, 0.15) is 5.75 Å². The Morgan fingerprint density at radius 1 is 1.39 bits per heavy atom. The molecule has 0 saturated carbocycles. The van der Waals surface area contributed by atoms with Crippen LogP contribution in [0.1, 0.15) is 25.0 Å². The van der Waals surface area contributed by atoms with E-state index in [1.165, 1.54) is 0 Å². The normalized spacial score (nSPS) is 20.4. The highest BCUT2D eigenvalue weighted by Crippen LogP contribution is 2.22. The van der Waals surface area contributed by atoms with Crippen molar-refractivity contribution in [3.05, 3.63) is 29.3 Å². The summed E-state index contributed by atoms with van der Waals surface area (Å²) in [6.07, 6.45) is -0.103. The van der Waals surface area contributed by atoms with Gasteiger partial charge in [-0.1, -0.05) is 12.1 Å². The second kappa shape index (κ2) is 7.32. The van der Waals surface area contributed by atoms with Crippen LogP contribution in [-0.4, -0.2) is 55.9 Å². The molecule has 23 heavy (non-hydrogen) atoms. The lowest BCUT2D eigenvalue weighted by Crippen LogP contribution is -2.56. The fourth-order valence-electron chi connectivity index (χ4n) is 2.85. The molecule has 5 nitrogen and oxygen atoms in total. The molecule has 5 heteroatoms. The van der Waals surface area contributed by atoms with Gasteiger partial charge in [0.15, 0.2) is 6.61 Å². The number of morpholine rings is 1. The first-order valence-electron chi connectivity index (χ1n) is 7.95. The summed E-state index contributed by atoms with van der Waals surface area (Å²) >= 11 is 0. The van der Waals surface area contributed by atoms with Crippen molar-refractivity contribution in [1.82, 2.24) is 4.90 Å². The van der Waals surface area contributed by atoms with E-state index in [0.717, 1.165) is 16.9 Å². The van der Waals surface area contributed by atoms with Crippen molar-refractivity contribution in [2.24, 2.45) is 0 Å². The number of ether oxygens (including phenoxy) is 3. The van der Waals surface area contributed by atoms with Gasteiger partial charge in [0.05, 0.1) is 18.3 Å². The molecule has 0 bridgehead atoms. The summed E-state index contributed by atoms with van der Waals surface area (Å²) < 4.78 is 16.8. The second-order valence-corrected chi connectivity index (χ2v) is 6.79. The maximum Gasteiger partial charge on any atom is 0.260 e. The molecule has 1 aromatic rings. The number of rotatable bonds is 5. The van der Waals surface area contributed by atoms with Crippen molar-refractivity contribution in [2.45, 2.75) is 39.4 Å². The van der Waals surface area contributed by atoms with Crippen LogP contribution in [0.4, 0.5) is 0 Å². The fourth-order valence-corrected chi connectivity index (χ4v) is 2.85. The van der Waals surface area contributed by atoms with Gasteiger partial charge >= 0.3 is 0 Å². The van der Waals surface area contributed by atoms with Gasteiger partial charge in [-0.2, -0.15) is 0 Å². The van der Waals surface area contributed by atoms with E-state index >= 15 is 0 Å². The molecule has 0 radical (unpaired) electrons. The van der Waals surface area contributed by atoms with E-state index in [0.29, 0.717) is 19.7 Å².